The number of nitrogens with one attached hydrogen (secondary N) is 3. The number of anilines is 1. The molecule has 0 bridgehead atoms. The Morgan fingerprint density at radius 1 is 1.12 bits per heavy atom. The molecule has 4 rings (SSSR count). The second-order valence-corrected chi connectivity index (χ2v) is 11.3. The van der Waals surface area contributed by atoms with Crippen LogP contribution in [0, 0.1) is 0 Å². The number of hydrogen-bond donors (Lipinski definition) is 4. The molecule has 11 nitrogen and oxygen atoms in total. The molecule has 0 aliphatic carbocycles. The van der Waals surface area contributed by atoms with Gasteiger partial charge in [0.1, 0.15) is 28.9 Å². The van der Waals surface area contributed by atoms with Gasteiger partial charge in [-0.05, 0) is 57.2 Å². The van der Waals surface area contributed by atoms with Gasteiger partial charge in [-0.1, -0.05) is 37.6 Å². The summed E-state index contributed by atoms with van der Waals surface area (Å²) in [6.07, 6.45) is 5.11. The predicted molar refractivity (Wildman–Crippen MR) is 153 cm³/mol. The first-order valence-corrected chi connectivity index (χ1v) is 13.7. The van der Waals surface area contributed by atoms with Crippen LogP contribution in [0.1, 0.15) is 70.5 Å². The Hall–Kier alpha value is -4.15. The van der Waals surface area contributed by atoms with E-state index in [0.29, 0.717) is 25.9 Å². The topological polar surface area (TPSA) is 155 Å². The number of piperidine rings is 1. The lowest BCUT2D eigenvalue weighted by molar-refractivity contribution is -0.129. The lowest BCUT2D eigenvalue weighted by Crippen LogP contribution is -2.64. The van der Waals surface area contributed by atoms with E-state index < -0.39 is 35.1 Å². The molecule has 1 unspecified atom stereocenters. The number of H-pyrrole nitrogens is 1. The lowest BCUT2D eigenvalue weighted by Gasteiger charge is -2.42. The first kappa shape index (κ1) is 28.8. The summed E-state index contributed by atoms with van der Waals surface area (Å²) < 4.78 is 5.52. The number of ether oxygens (including phenoxy) is 1. The molecule has 214 valence electrons. The van der Waals surface area contributed by atoms with Crippen molar-refractivity contribution in [2.45, 2.75) is 77.0 Å². The average Bonchev–Trinajstić information content (AvgIpc) is 3.37. The second kappa shape index (κ2) is 11.9. The number of amides is 3. The van der Waals surface area contributed by atoms with Crippen molar-refractivity contribution in [3.8, 4) is 0 Å². The fraction of sp³-hybridized carbons (Fsp3) is 0.483. The van der Waals surface area contributed by atoms with E-state index in [4.69, 9.17) is 10.5 Å². The fourth-order valence-corrected chi connectivity index (χ4v) is 5.07. The van der Waals surface area contributed by atoms with Crippen LogP contribution in [0.5, 0.6) is 0 Å². The van der Waals surface area contributed by atoms with E-state index in [1.54, 1.807) is 20.8 Å². The van der Waals surface area contributed by atoms with Gasteiger partial charge in [0, 0.05) is 19.3 Å². The van der Waals surface area contributed by atoms with Crippen LogP contribution in [-0.4, -0.2) is 57.1 Å². The van der Waals surface area contributed by atoms with E-state index in [-0.39, 0.29) is 6.42 Å². The number of fused-ring (bicyclic) bond motifs is 1. The molecule has 2 aromatic heterocycles. The summed E-state index contributed by atoms with van der Waals surface area (Å²) in [5, 5.41) is 6.77. The van der Waals surface area contributed by atoms with E-state index in [1.165, 1.54) is 11.9 Å². The van der Waals surface area contributed by atoms with E-state index in [0.717, 1.165) is 35.3 Å². The quantitative estimate of drug-likeness (QED) is 0.318. The van der Waals surface area contributed by atoms with Crippen molar-refractivity contribution in [3.05, 3.63) is 54.0 Å². The number of alkyl carbamates (subject to hydrolysis) is 1. The number of nitrogens with zero attached hydrogens (tertiary/aromatic N) is 3. The molecule has 3 amide bonds. The number of benzene rings is 1. The Kier molecular flexibility index (Phi) is 8.61. The van der Waals surface area contributed by atoms with Gasteiger partial charge in [0.2, 0.25) is 11.8 Å². The second-order valence-electron chi connectivity index (χ2n) is 11.3. The van der Waals surface area contributed by atoms with E-state index >= 15 is 0 Å². The van der Waals surface area contributed by atoms with Crippen molar-refractivity contribution in [3.63, 3.8) is 0 Å². The lowest BCUT2D eigenvalue weighted by atomic mass is 9.85. The fourth-order valence-electron chi connectivity index (χ4n) is 5.07. The van der Waals surface area contributed by atoms with Crippen LogP contribution in [0.4, 0.5) is 10.6 Å². The number of carbonyl (C=O) groups excluding carboxylic acids is 3. The van der Waals surface area contributed by atoms with Crippen molar-refractivity contribution in [1.29, 1.82) is 0 Å². The molecule has 0 radical (unpaired) electrons. The molecule has 11 heteroatoms. The number of hydrogen-bond acceptors (Lipinski definition) is 7. The zero-order valence-electron chi connectivity index (χ0n) is 23.6. The summed E-state index contributed by atoms with van der Waals surface area (Å²) in [6, 6.07) is 9.08. The Labute approximate surface area is 234 Å². The van der Waals surface area contributed by atoms with Crippen LogP contribution in [0.3, 0.4) is 0 Å². The molecule has 3 aromatic rings. The number of aryl methyl sites for hydroxylation is 1. The van der Waals surface area contributed by atoms with E-state index in [1.807, 2.05) is 36.5 Å². The van der Waals surface area contributed by atoms with Gasteiger partial charge in [0.05, 0.1) is 17.8 Å². The number of nitrogens with two attached hydrogens (primary N) is 1. The molecule has 0 saturated carbocycles. The molecule has 40 heavy (non-hydrogen) atoms. The summed E-state index contributed by atoms with van der Waals surface area (Å²) >= 11 is 0. The normalized spacial score (nSPS) is 15.8. The maximum absolute atomic E-state index is 14.0. The van der Waals surface area contributed by atoms with Crippen molar-refractivity contribution >= 4 is 34.8 Å². The first-order chi connectivity index (χ1) is 19.0. The Balaban J connectivity index is 1.58. The van der Waals surface area contributed by atoms with Crippen LogP contribution in [0.15, 0.2) is 42.9 Å². The molecule has 1 saturated heterocycles. The summed E-state index contributed by atoms with van der Waals surface area (Å²) in [6.45, 7) is 8.32. The largest absolute Gasteiger partial charge is 0.444 e. The highest BCUT2D eigenvalue weighted by molar-refractivity contribution is 5.92. The Morgan fingerprint density at radius 2 is 1.82 bits per heavy atom. The molecular weight excluding hydrogens is 510 g/mol. The van der Waals surface area contributed by atoms with Crippen LogP contribution in [0.2, 0.25) is 0 Å². The van der Waals surface area contributed by atoms with Crippen molar-refractivity contribution in [2.75, 3.05) is 18.0 Å². The number of rotatable bonds is 9. The summed E-state index contributed by atoms with van der Waals surface area (Å²) in [5.74, 6) is -0.168. The van der Waals surface area contributed by atoms with Crippen LogP contribution < -0.4 is 21.3 Å². The monoisotopic (exact) mass is 549 g/mol. The maximum Gasteiger partial charge on any atom is 0.408 e. The molecule has 1 atom stereocenters. The Morgan fingerprint density at radius 3 is 2.45 bits per heavy atom. The minimum absolute atomic E-state index is 0.0695. The third-order valence-electron chi connectivity index (χ3n) is 7.06. The van der Waals surface area contributed by atoms with Crippen molar-refractivity contribution in [2.24, 2.45) is 5.73 Å². The van der Waals surface area contributed by atoms with Gasteiger partial charge in [0.15, 0.2) is 0 Å². The Bertz CT molecular complexity index is 1340. The molecular formula is C29H39N7O4. The minimum atomic E-state index is -1.26. The van der Waals surface area contributed by atoms with Gasteiger partial charge >= 0.3 is 6.09 Å². The van der Waals surface area contributed by atoms with Gasteiger partial charge in [0.25, 0.3) is 0 Å². The molecule has 1 fully saturated rings. The van der Waals surface area contributed by atoms with Gasteiger partial charge in [-0.25, -0.2) is 14.8 Å². The third kappa shape index (κ3) is 6.88. The molecule has 1 aliphatic rings. The summed E-state index contributed by atoms with van der Waals surface area (Å²) in [4.78, 5) is 52.8. The maximum atomic E-state index is 14.0. The van der Waals surface area contributed by atoms with Crippen molar-refractivity contribution in [1.82, 2.24) is 25.6 Å². The van der Waals surface area contributed by atoms with Gasteiger partial charge in [-0.3, -0.25) is 9.59 Å². The summed E-state index contributed by atoms with van der Waals surface area (Å²) in [5.41, 5.74) is 6.23. The molecule has 3 heterocycles. The highest BCUT2D eigenvalue weighted by Gasteiger charge is 2.45. The van der Waals surface area contributed by atoms with Crippen molar-refractivity contribution < 1.29 is 19.1 Å². The van der Waals surface area contributed by atoms with E-state index in [2.05, 4.69) is 37.4 Å². The number of carbonyl (C=O) groups is 3. The average molecular weight is 550 g/mol. The number of primary amides is 1. The van der Waals surface area contributed by atoms with Crippen LogP contribution >= 0.6 is 0 Å². The van der Waals surface area contributed by atoms with Gasteiger partial charge in [-0.15, -0.1) is 0 Å². The van der Waals surface area contributed by atoms with E-state index in [9.17, 15) is 14.4 Å². The zero-order valence-corrected chi connectivity index (χ0v) is 23.6. The number of aromatic nitrogens is 3. The third-order valence-corrected chi connectivity index (χ3v) is 7.06. The molecule has 0 spiro atoms. The predicted octanol–water partition coefficient (Wildman–Crippen LogP) is 3.51. The standard InChI is InChI=1S/C29H39N7O4/c1-5-6-19-7-9-20(10-8-19)22(17-23(30)37)34-26(38)29(35-27(39)40-28(2,3)4)12-15-36(16-13-29)25-21-11-14-31-24(21)32-18-33-25/h7-11,14,18,22H,5-6,12-13,15-17H2,1-4H3,(H2,30,37)(H,34,38)(H,35,39)(H,31,32,33). The molecule has 1 aliphatic heterocycles. The highest BCUT2D eigenvalue weighted by Crippen LogP contribution is 2.31. The summed E-state index contributed by atoms with van der Waals surface area (Å²) in [7, 11) is 0. The number of aromatic amines is 1. The first-order valence-electron chi connectivity index (χ1n) is 13.7. The molecule has 5 N–H and O–H groups in total. The van der Waals surface area contributed by atoms with Crippen LogP contribution in [0.25, 0.3) is 11.0 Å². The SMILES string of the molecule is CCCc1ccc(C(CC(N)=O)NC(=O)C2(NC(=O)OC(C)(C)C)CCN(c3ncnc4[nH]ccc34)CC2)cc1. The zero-order chi connectivity index (χ0) is 28.9. The smallest absolute Gasteiger partial charge is 0.408 e. The minimum Gasteiger partial charge on any atom is -0.444 e. The molecule has 1 aromatic carbocycles. The van der Waals surface area contributed by atoms with Gasteiger partial charge in [-0.2, -0.15) is 0 Å². The van der Waals surface area contributed by atoms with Crippen LogP contribution in [-0.2, 0) is 20.7 Å². The highest BCUT2D eigenvalue weighted by atomic mass is 16.6. The van der Waals surface area contributed by atoms with Gasteiger partial charge < -0.3 is 31.0 Å².